The van der Waals surface area contributed by atoms with Crippen LogP contribution in [0.15, 0.2) is 6.33 Å². The predicted molar refractivity (Wildman–Crippen MR) is 87.2 cm³/mol. The highest BCUT2D eigenvalue weighted by molar-refractivity contribution is 5.81. The van der Waals surface area contributed by atoms with E-state index in [4.69, 9.17) is 21.6 Å². The molecular weight excluding hydrogens is 328 g/mol. The second-order valence-electron chi connectivity index (χ2n) is 5.66. The Morgan fingerprint density at radius 3 is 3.12 bits per heavy atom. The number of terminal acetylenes is 1. The lowest BCUT2D eigenvalue weighted by atomic mass is 9.99. The van der Waals surface area contributed by atoms with Gasteiger partial charge in [-0.1, -0.05) is 5.92 Å². The van der Waals surface area contributed by atoms with E-state index in [2.05, 4.69) is 26.2 Å². The van der Waals surface area contributed by atoms with Gasteiger partial charge in [-0.3, -0.25) is 4.57 Å². The summed E-state index contributed by atoms with van der Waals surface area (Å²) in [5.41, 5.74) is 5.31. The minimum Gasteiger partial charge on any atom is -0.445 e. The quantitative estimate of drug-likeness (QED) is 0.646. The van der Waals surface area contributed by atoms with Gasteiger partial charge in [0.2, 0.25) is 0 Å². The Kier molecular flexibility index (Phi) is 4.20. The summed E-state index contributed by atoms with van der Waals surface area (Å²) in [6.07, 6.45) is 4.87. The molecule has 0 unspecified atom stereocenters. The molecule has 2 aromatic rings. The first kappa shape index (κ1) is 16.9. The van der Waals surface area contributed by atoms with Crippen LogP contribution in [-0.4, -0.2) is 56.1 Å². The fraction of sp³-hybridized carbons (Fsp3) is 0.467. The van der Waals surface area contributed by atoms with Crippen LogP contribution in [-0.2, 0) is 9.47 Å². The molecule has 1 saturated heterocycles. The molecule has 2 aromatic heterocycles. The van der Waals surface area contributed by atoms with Gasteiger partial charge in [-0.25, -0.2) is 19.7 Å². The van der Waals surface area contributed by atoms with E-state index in [0.29, 0.717) is 17.0 Å². The number of fused-ring (bicyclic) bond motifs is 1. The molecule has 0 bridgehead atoms. The minimum absolute atomic E-state index is 0.176. The molecule has 1 aliphatic rings. The topological polar surface area (TPSA) is 137 Å². The third kappa shape index (κ3) is 2.84. The van der Waals surface area contributed by atoms with Crippen LogP contribution >= 0.6 is 0 Å². The van der Waals surface area contributed by atoms with Gasteiger partial charge in [0.15, 0.2) is 17.1 Å². The van der Waals surface area contributed by atoms with Crippen molar-refractivity contribution in [1.82, 2.24) is 24.8 Å². The Bertz CT molecular complexity index is 860. The number of ether oxygens (including phenoxy) is 2. The number of nitrogens with two attached hydrogens (primary N) is 1. The zero-order valence-electron chi connectivity index (χ0n) is 13.8. The van der Waals surface area contributed by atoms with Crippen LogP contribution in [0, 0.1) is 19.3 Å². The van der Waals surface area contributed by atoms with Crippen molar-refractivity contribution >= 4 is 23.1 Å². The number of rotatable bonds is 3. The number of nitrogen functional groups attached to an aromatic ring is 1. The number of carbonyl (C=O) groups is 1. The van der Waals surface area contributed by atoms with Gasteiger partial charge in [0.25, 0.3) is 0 Å². The SMILES string of the molecule is C#C[C@]1(COC(=O)NC)O[C@@H](n2cnc3c(N)nc(C)nc32)C[C@@H]1O. The molecule has 10 nitrogen and oxygen atoms in total. The molecule has 3 heterocycles. The van der Waals surface area contributed by atoms with Crippen LogP contribution in [0.1, 0.15) is 18.5 Å². The van der Waals surface area contributed by atoms with E-state index in [1.807, 2.05) is 0 Å². The average molecular weight is 346 g/mol. The maximum atomic E-state index is 11.3. The lowest BCUT2D eigenvalue weighted by molar-refractivity contribution is -0.0908. The van der Waals surface area contributed by atoms with E-state index in [0.717, 1.165) is 0 Å². The number of aliphatic hydroxyl groups is 1. The normalized spacial score (nSPS) is 25.7. The molecule has 1 amide bonds. The summed E-state index contributed by atoms with van der Waals surface area (Å²) in [7, 11) is 1.42. The van der Waals surface area contributed by atoms with Gasteiger partial charge in [-0.05, 0) is 6.92 Å². The van der Waals surface area contributed by atoms with E-state index in [9.17, 15) is 9.90 Å². The summed E-state index contributed by atoms with van der Waals surface area (Å²) in [5, 5.41) is 12.7. The zero-order chi connectivity index (χ0) is 18.2. The number of imidazole rings is 1. The van der Waals surface area contributed by atoms with Crippen LogP contribution < -0.4 is 11.1 Å². The number of nitrogens with one attached hydrogen (secondary N) is 1. The highest BCUT2D eigenvalue weighted by Gasteiger charge is 2.49. The summed E-state index contributed by atoms with van der Waals surface area (Å²) >= 11 is 0. The van der Waals surface area contributed by atoms with Crippen molar-refractivity contribution in [2.75, 3.05) is 19.4 Å². The summed E-state index contributed by atoms with van der Waals surface area (Å²) < 4.78 is 12.5. The van der Waals surface area contributed by atoms with E-state index in [1.54, 1.807) is 11.5 Å². The number of hydrogen-bond donors (Lipinski definition) is 3. The first-order valence-electron chi connectivity index (χ1n) is 7.55. The lowest BCUT2D eigenvalue weighted by Gasteiger charge is -2.25. The maximum Gasteiger partial charge on any atom is 0.407 e. The summed E-state index contributed by atoms with van der Waals surface area (Å²) in [6.45, 7) is 1.42. The van der Waals surface area contributed by atoms with E-state index in [-0.39, 0.29) is 18.8 Å². The number of aliphatic hydroxyl groups excluding tert-OH is 1. The van der Waals surface area contributed by atoms with Gasteiger partial charge >= 0.3 is 6.09 Å². The molecule has 0 radical (unpaired) electrons. The van der Waals surface area contributed by atoms with E-state index < -0.39 is 24.0 Å². The monoisotopic (exact) mass is 346 g/mol. The molecule has 4 N–H and O–H groups in total. The number of hydrogen-bond acceptors (Lipinski definition) is 8. The van der Waals surface area contributed by atoms with Crippen molar-refractivity contribution in [3.63, 3.8) is 0 Å². The van der Waals surface area contributed by atoms with Crippen LogP contribution in [0.5, 0.6) is 0 Å². The van der Waals surface area contributed by atoms with Gasteiger partial charge in [0, 0.05) is 13.5 Å². The molecule has 1 fully saturated rings. The van der Waals surface area contributed by atoms with Crippen molar-refractivity contribution in [1.29, 1.82) is 0 Å². The molecule has 0 spiro atoms. The average Bonchev–Trinajstić information content (AvgIpc) is 3.14. The van der Waals surface area contributed by atoms with Crippen LogP contribution in [0.3, 0.4) is 0 Å². The second-order valence-corrected chi connectivity index (χ2v) is 5.66. The molecule has 25 heavy (non-hydrogen) atoms. The summed E-state index contributed by atoms with van der Waals surface area (Å²) in [6, 6.07) is 0. The Morgan fingerprint density at radius 2 is 2.44 bits per heavy atom. The van der Waals surface area contributed by atoms with Crippen molar-refractivity contribution in [2.45, 2.75) is 31.3 Å². The smallest absolute Gasteiger partial charge is 0.407 e. The highest BCUT2D eigenvalue weighted by Crippen LogP contribution is 2.38. The summed E-state index contributed by atoms with van der Waals surface area (Å²) in [4.78, 5) is 23.9. The zero-order valence-corrected chi connectivity index (χ0v) is 13.8. The number of nitrogens with zero attached hydrogens (tertiary/aromatic N) is 4. The molecule has 3 rings (SSSR count). The van der Waals surface area contributed by atoms with Crippen LogP contribution in [0.4, 0.5) is 10.6 Å². The van der Waals surface area contributed by atoms with Gasteiger partial charge in [0.1, 0.15) is 30.3 Å². The molecule has 0 saturated carbocycles. The summed E-state index contributed by atoms with van der Waals surface area (Å²) in [5.74, 6) is 3.14. The van der Waals surface area contributed by atoms with Gasteiger partial charge in [-0.15, -0.1) is 6.42 Å². The fourth-order valence-electron chi connectivity index (χ4n) is 2.73. The van der Waals surface area contributed by atoms with Crippen molar-refractivity contribution in [3.8, 4) is 12.3 Å². The second kappa shape index (κ2) is 6.19. The van der Waals surface area contributed by atoms with Crippen LogP contribution in [0.2, 0.25) is 0 Å². The van der Waals surface area contributed by atoms with E-state index in [1.165, 1.54) is 13.4 Å². The maximum absolute atomic E-state index is 11.3. The molecule has 0 aliphatic carbocycles. The third-order valence-electron chi connectivity index (χ3n) is 4.05. The Hall–Kier alpha value is -2.90. The Morgan fingerprint density at radius 1 is 1.68 bits per heavy atom. The van der Waals surface area contributed by atoms with Crippen LogP contribution in [0.25, 0.3) is 11.2 Å². The standard InChI is InChI=1S/C15H18N6O4/c1-4-15(6-24-14(23)17-3)9(22)5-10(25-15)21-7-18-11-12(16)19-8(2)20-13(11)21/h1,7,9-10,22H,5-6H2,2-3H3,(H,17,23)(H2,16,19,20)/t9-,10+,15+/m0/s1. The third-order valence-corrected chi connectivity index (χ3v) is 4.05. The number of carbonyl (C=O) groups excluding carboxylic acids is 1. The van der Waals surface area contributed by atoms with Gasteiger partial charge < -0.3 is 25.6 Å². The molecule has 10 heteroatoms. The van der Waals surface area contributed by atoms with Gasteiger partial charge in [0.05, 0.1) is 6.33 Å². The van der Waals surface area contributed by atoms with Crippen molar-refractivity contribution in [2.24, 2.45) is 0 Å². The number of alkyl carbamates (subject to hydrolysis) is 1. The number of amides is 1. The first-order valence-corrected chi connectivity index (χ1v) is 7.55. The minimum atomic E-state index is -1.46. The highest BCUT2D eigenvalue weighted by atomic mass is 16.6. The fourth-order valence-corrected chi connectivity index (χ4v) is 2.73. The molecule has 132 valence electrons. The van der Waals surface area contributed by atoms with Crippen molar-refractivity contribution in [3.05, 3.63) is 12.2 Å². The predicted octanol–water partition coefficient (Wildman–Crippen LogP) is -0.275. The lowest BCUT2D eigenvalue weighted by Crippen LogP contribution is -2.44. The Balaban J connectivity index is 1.91. The number of anilines is 1. The molecule has 0 aromatic carbocycles. The van der Waals surface area contributed by atoms with E-state index >= 15 is 0 Å². The molecule has 1 aliphatic heterocycles. The molecule has 3 atom stereocenters. The first-order chi connectivity index (χ1) is 11.9. The van der Waals surface area contributed by atoms with Gasteiger partial charge in [-0.2, -0.15) is 0 Å². The molecular formula is C15H18N6O4. The largest absolute Gasteiger partial charge is 0.445 e. The van der Waals surface area contributed by atoms with Crippen molar-refractivity contribution < 1.29 is 19.4 Å². The number of aromatic nitrogens is 4. The Labute approximate surface area is 143 Å². The number of aryl methyl sites for hydroxylation is 1.